The zero-order valence-electron chi connectivity index (χ0n) is 16.2. The number of nitrogens with one attached hydrogen (secondary N) is 2. The fraction of sp³-hybridized carbons (Fsp3) is 0.611. The van der Waals surface area contributed by atoms with Gasteiger partial charge in [-0.05, 0) is 50.2 Å². The van der Waals surface area contributed by atoms with E-state index in [1.807, 2.05) is 20.8 Å². The third kappa shape index (κ3) is 5.78. The molecule has 1 heterocycles. The Kier molecular flexibility index (Phi) is 8.28. The second kappa shape index (κ2) is 10.2. The maximum absolute atomic E-state index is 12.8. The van der Waals surface area contributed by atoms with E-state index in [4.69, 9.17) is 21.7 Å². The van der Waals surface area contributed by atoms with Crippen LogP contribution in [0.5, 0.6) is 5.75 Å². The predicted molar refractivity (Wildman–Crippen MR) is 111 cm³/mol. The van der Waals surface area contributed by atoms with Gasteiger partial charge < -0.3 is 20.1 Å². The van der Waals surface area contributed by atoms with E-state index in [9.17, 15) is 8.42 Å². The topological polar surface area (TPSA) is 79.9 Å². The van der Waals surface area contributed by atoms with Gasteiger partial charge in [-0.25, -0.2) is 8.42 Å². The van der Waals surface area contributed by atoms with Gasteiger partial charge in [0.25, 0.3) is 0 Å². The van der Waals surface area contributed by atoms with E-state index >= 15 is 0 Å². The monoisotopic (exact) mass is 415 g/mol. The minimum absolute atomic E-state index is 0.158. The zero-order chi connectivity index (χ0) is 19.9. The van der Waals surface area contributed by atoms with E-state index < -0.39 is 10.0 Å². The van der Waals surface area contributed by atoms with E-state index in [1.54, 1.807) is 18.2 Å². The molecule has 2 N–H and O–H groups in total. The average Bonchev–Trinajstić information content (AvgIpc) is 3.16. The highest BCUT2D eigenvalue weighted by Crippen LogP contribution is 2.29. The molecule has 0 amide bonds. The molecule has 1 aliphatic heterocycles. The molecular weight excluding hydrogens is 386 g/mol. The van der Waals surface area contributed by atoms with E-state index in [2.05, 4.69) is 10.6 Å². The summed E-state index contributed by atoms with van der Waals surface area (Å²) in [5, 5.41) is 6.60. The Morgan fingerprint density at radius 3 is 2.67 bits per heavy atom. The van der Waals surface area contributed by atoms with E-state index in [1.165, 1.54) is 4.31 Å². The Balaban J connectivity index is 2.17. The molecule has 1 fully saturated rings. The van der Waals surface area contributed by atoms with Crippen LogP contribution in [-0.4, -0.2) is 56.8 Å². The Labute approximate surface area is 167 Å². The van der Waals surface area contributed by atoms with Crippen molar-refractivity contribution in [1.29, 1.82) is 0 Å². The molecule has 0 spiro atoms. The minimum atomic E-state index is -3.56. The van der Waals surface area contributed by atoms with Crippen LogP contribution in [0.15, 0.2) is 23.1 Å². The summed E-state index contributed by atoms with van der Waals surface area (Å²) in [6.07, 6.45) is 2.23. The van der Waals surface area contributed by atoms with Gasteiger partial charge in [0.2, 0.25) is 10.0 Å². The van der Waals surface area contributed by atoms with Crippen LogP contribution >= 0.6 is 12.2 Å². The number of benzene rings is 1. The Morgan fingerprint density at radius 1 is 1.33 bits per heavy atom. The van der Waals surface area contributed by atoms with Gasteiger partial charge in [-0.1, -0.05) is 13.8 Å². The lowest BCUT2D eigenvalue weighted by molar-refractivity contribution is 0.114. The van der Waals surface area contributed by atoms with E-state index in [0.717, 1.165) is 19.4 Å². The first-order chi connectivity index (χ1) is 12.9. The first-order valence-electron chi connectivity index (χ1n) is 9.35. The number of thiocarbonyl (C=S) groups is 1. The summed E-state index contributed by atoms with van der Waals surface area (Å²) in [5.74, 6) is 0.553. The van der Waals surface area contributed by atoms with Crippen LogP contribution in [0.2, 0.25) is 0 Å². The second-order valence-corrected chi connectivity index (χ2v) is 8.50. The van der Waals surface area contributed by atoms with Crippen molar-refractivity contribution in [2.24, 2.45) is 0 Å². The quantitative estimate of drug-likeness (QED) is 0.600. The maximum Gasteiger partial charge on any atom is 0.243 e. The van der Waals surface area contributed by atoms with Crippen molar-refractivity contribution in [3.8, 4) is 5.75 Å². The lowest BCUT2D eigenvalue weighted by atomic mass is 10.2. The molecule has 0 aliphatic carbocycles. The summed E-state index contributed by atoms with van der Waals surface area (Å²) in [6, 6.07) is 4.79. The van der Waals surface area contributed by atoms with Crippen molar-refractivity contribution in [2.45, 2.75) is 44.6 Å². The van der Waals surface area contributed by atoms with Gasteiger partial charge in [0.05, 0.1) is 23.3 Å². The molecule has 0 aromatic heterocycles. The lowest BCUT2D eigenvalue weighted by Crippen LogP contribution is -2.35. The molecule has 0 radical (unpaired) electrons. The molecule has 1 atom stereocenters. The van der Waals surface area contributed by atoms with Crippen LogP contribution in [0.4, 0.5) is 5.69 Å². The number of sulfonamides is 1. The molecule has 0 unspecified atom stereocenters. The fourth-order valence-electron chi connectivity index (χ4n) is 2.94. The van der Waals surface area contributed by atoms with Crippen LogP contribution in [0.25, 0.3) is 0 Å². The summed E-state index contributed by atoms with van der Waals surface area (Å²) in [5.41, 5.74) is 0.523. The second-order valence-electron chi connectivity index (χ2n) is 6.15. The third-order valence-corrected chi connectivity index (χ3v) is 6.65. The van der Waals surface area contributed by atoms with Crippen LogP contribution in [0.3, 0.4) is 0 Å². The molecule has 0 bridgehead atoms. The molecular formula is C18H29N3O4S2. The Bertz CT molecular complexity index is 730. The standard InChI is InChI=1S/C18H29N3O4S2/c1-4-21(5-2)27(22,23)15-9-10-17(24-6-3)16(12-15)20-18(26)19-13-14-8-7-11-25-14/h9-10,12,14H,4-8,11,13H2,1-3H3,(H2,19,20,26)/t14-/m1/s1. The number of ether oxygens (including phenoxy) is 2. The van der Waals surface area contributed by atoms with Crippen molar-refractivity contribution < 1.29 is 17.9 Å². The number of nitrogens with zero attached hydrogens (tertiary/aromatic N) is 1. The van der Waals surface area contributed by atoms with Gasteiger partial charge in [-0.2, -0.15) is 4.31 Å². The van der Waals surface area contributed by atoms with Crippen LogP contribution in [0, 0.1) is 0 Å². The summed E-state index contributed by atoms with van der Waals surface area (Å²) in [6.45, 7) is 8.20. The highest BCUT2D eigenvalue weighted by atomic mass is 32.2. The van der Waals surface area contributed by atoms with E-state index in [-0.39, 0.29) is 11.0 Å². The predicted octanol–water partition coefficient (Wildman–Crippen LogP) is 2.58. The molecule has 1 saturated heterocycles. The molecule has 152 valence electrons. The summed E-state index contributed by atoms with van der Waals surface area (Å²) >= 11 is 5.36. The van der Waals surface area contributed by atoms with Gasteiger partial charge in [0, 0.05) is 26.2 Å². The lowest BCUT2D eigenvalue weighted by Gasteiger charge is -2.20. The normalized spacial score (nSPS) is 17.1. The number of anilines is 1. The van der Waals surface area contributed by atoms with Crippen LogP contribution < -0.4 is 15.4 Å². The van der Waals surface area contributed by atoms with Gasteiger partial charge >= 0.3 is 0 Å². The third-order valence-electron chi connectivity index (χ3n) is 4.36. The SMILES string of the molecule is CCOc1ccc(S(=O)(=O)N(CC)CC)cc1NC(=S)NC[C@H]1CCCO1. The first-order valence-corrected chi connectivity index (χ1v) is 11.2. The Hall–Kier alpha value is -1.42. The highest BCUT2D eigenvalue weighted by molar-refractivity contribution is 7.89. The summed E-state index contributed by atoms with van der Waals surface area (Å²) in [4.78, 5) is 0.207. The van der Waals surface area contributed by atoms with Crippen molar-refractivity contribution in [3.05, 3.63) is 18.2 Å². The number of rotatable bonds is 9. The number of hydrogen-bond acceptors (Lipinski definition) is 5. The van der Waals surface area contributed by atoms with Gasteiger partial charge in [0.15, 0.2) is 5.11 Å². The molecule has 0 saturated carbocycles. The van der Waals surface area contributed by atoms with Crippen molar-refractivity contribution in [2.75, 3.05) is 38.2 Å². The van der Waals surface area contributed by atoms with E-state index in [0.29, 0.717) is 42.8 Å². The van der Waals surface area contributed by atoms with Gasteiger partial charge in [0.1, 0.15) is 5.75 Å². The highest BCUT2D eigenvalue weighted by Gasteiger charge is 2.23. The van der Waals surface area contributed by atoms with Crippen molar-refractivity contribution in [3.63, 3.8) is 0 Å². The van der Waals surface area contributed by atoms with Gasteiger partial charge in [-0.15, -0.1) is 0 Å². The average molecular weight is 416 g/mol. The largest absolute Gasteiger partial charge is 0.492 e. The van der Waals surface area contributed by atoms with Crippen LogP contribution in [0.1, 0.15) is 33.6 Å². The number of hydrogen-bond donors (Lipinski definition) is 2. The molecule has 2 rings (SSSR count). The fourth-order valence-corrected chi connectivity index (χ4v) is 4.62. The molecule has 1 aliphatic rings. The van der Waals surface area contributed by atoms with Crippen molar-refractivity contribution >= 4 is 33.0 Å². The summed E-state index contributed by atoms with van der Waals surface area (Å²) < 4.78 is 38.2. The Morgan fingerprint density at radius 2 is 2.07 bits per heavy atom. The van der Waals surface area contributed by atoms with Crippen LogP contribution in [-0.2, 0) is 14.8 Å². The van der Waals surface area contributed by atoms with Gasteiger partial charge in [-0.3, -0.25) is 0 Å². The first kappa shape index (κ1) is 21.9. The molecule has 9 heteroatoms. The molecule has 1 aromatic rings. The molecule has 7 nitrogen and oxygen atoms in total. The maximum atomic E-state index is 12.8. The molecule has 1 aromatic carbocycles. The summed E-state index contributed by atoms with van der Waals surface area (Å²) in [7, 11) is -3.56. The zero-order valence-corrected chi connectivity index (χ0v) is 17.8. The molecule has 27 heavy (non-hydrogen) atoms. The smallest absolute Gasteiger partial charge is 0.243 e. The van der Waals surface area contributed by atoms with Crippen molar-refractivity contribution in [1.82, 2.24) is 9.62 Å². The minimum Gasteiger partial charge on any atom is -0.492 e.